The van der Waals surface area contributed by atoms with Crippen LogP contribution in [-0.2, 0) is 11.3 Å². The molecule has 0 aromatic heterocycles. The molecule has 0 aliphatic heterocycles. The Morgan fingerprint density at radius 2 is 1.74 bits per heavy atom. The van der Waals surface area contributed by atoms with E-state index in [0.29, 0.717) is 22.8 Å². The van der Waals surface area contributed by atoms with Crippen LogP contribution in [0.25, 0.3) is 0 Å². The molecule has 5 heteroatoms. The van der Waals surface area contributed by atoms with Gasteiger partial charge in [-0.15, -0.1) is 0 Å². The molecule has 2 aromatic rings. The van der Waals surface area contributed by atoms with Crippen molar-refractivity contribution >= 4 is 29.0 Å². The second kappa shape index (κ2) is 7.90. The average molecular weight is 331 g/mol. The van der Waals surface area contributed by atoms with Crippen molar-refractivity contribution in [1.29, 1.82) is 0 Å². The summed E-state index contributed by atoms with van der Waals surface area (Å²) in [4.78, 5) is 25.2. The molecule has 1 amide bonds. The van der Waals surface area contributed by atoms with E-state index in [4.69, 9.17) is 11.6 Å². The predicted molar refractivity (Wildman–Crippen MR) is 92.9 cm³/mol. The van der Waals surface area contributed by atoms with E-state index in [1.165, 1.54) is 6.92 Å². The lowest BCUT2D eigenvalue weighted by Gasteiger charge is -2.17. The van der Waals surface area contributed by atoms with E-state index in [1.807, 2.05) is 36.2 Å². The quantitative estimate of drug-likeness (QED) is 0.823. The van der Waals surface area contributed by atoms with Crippen LogP contribution in [0.15, 0.2) is 48.5 Å². The maximum atomic E-state index is 12.1. The van der Waals surface area contributed by atoms with Gasteiger partial charge < -0.3 is 5.32 Å². The second-order valence-corrected chi connectivity index (χ2v) is 5.85. The number of carbonyl (C=O) groups excluding carboxylic acids is 2. The molecule has 120 valence electrons. The third kappa shape index (κ3) is 5.20. The predicted octanol–water partition coefficient (Wildman–Crippen LogP) is 3.61. The Bertz CT molecular complexity index is 698. The molecular formula is C18H19ClN2O2. The van der Waals surface area contributed by atoms with Gasteiger partial charge in [-0.3, -0.25) is 14.5 Å². The Balaban J connectivity index is 1.89. The summed E-state index contributed by atoms with van der Waals surface area (Å²) >= 11 is 6.12. The Morgan fingerprint density at radius 1 is 1.09 bits per heavy atom. The maximum Gasteiger partial charge on any atom is 0.238 e. The molecule has 0 spiro atoms. The summed E-state index contributed by atoms with van der Waals surface area (Å²) in [6.45, 7) is 2.35. The Kier molecular flexibility index (Phi) is 5.90. The molecule has 0 bridgehead atoms. The van der Waals surface area contributed by atoms with Crippen molar-refractivity contribution in [1.82, 2.24) is 4.90 Å². The molecular weight excluding hydrogens is 312 g/mol. The zero-order valence-electron chi connectivity index (χ0n) is 13.2. The van der Waals surface area contributed by atoms with Gasteiger partial charge in [0.2, 0.25) is 5.91 Å². The summed E-state index contributed by atoms with van der Waals surface area (Å²) in [6.07, 6.45) is 0. The number of carbonyl (C=O) groups is 2. The molecule has 0 unspecified atom stereocenters. The Hall–Kier alpha value is -2.17. The van der Waals surface area contributed by atoms with Gasteiger partial charge in [-0.1, -0.05) is 29.8 Å². The first-order valence-electron chi connectivity index (χ1n) is 7.28. The Labute approximate surface area is 141 Å². The summed E-state index contributed by atoms with van der Waals surface area (Å²) in [7, 11) is 1.86. The minimum absolute atomic E-state index is 0.00218. The van der Waals surface area contributed by atoms with Crippen molar-refractivity contribution < 1.29 is 9.59 Å². The average Bonchev–Trinajstić information content (AvgIpc) is 2.50. The van der Waals surface area contributed by atoms with Gasteiger partial charge in [-0.25, -0.2) is 0 Å². The number of ketones is 1. The van der Waals surface area contributed by atoms with Crippen LogP contribution in [0.2, 0.25) is 5.02 Å². The van der Waals surface area contributed by atoms with E-state index in [2.05, 4.69) is 5.32 Å². The van der Waals surface area contributed by atoms with Crippen molar-refractivity contribution in [3.63, 3.8) is 0 Å². The number of amides is 1. The molecule has 0 fully saturated rings. The van der Waals surface area contributed by atoms with E-state index >= 15 is 0 Å². The largest absolute Gasteiger partial charge is 0.325 e. The van der Waals surface area contributed by atoms with Crippen LogP contribution in [0.3, 0.4) is 0 Å². The SMILES string of the molecule is CC(=O)c1ccc(NC(=O)CN(C)Cc2ccccc2Cl)cc1. The molecule has 0 aliphatic rings. The number of nitrogens with zero attached hydrogens (tertiary/aromatic N) is 1. The molecule has 1 N–H and O–H groups in total. The summed E-state index contributed by atoms with van der Waals surface area (Å²) < 4.78 is 0. The van der Waals surface area contributed by atoms with Gasteiger partial charge in [0.1, 0.15) is 0 Å². The highest BCUT2D eigenvalue weighted by atomic mass is 35.5. The van der Waals surface area contributed by atoms with Crippen molar-refractivity contribution in [2.45, 2.75) is 13.5 Å². The first kappa shape index (κ1) is 17.2. The van der Waals surface area contributed by atoms with Gasteiger partial charge >= 0.3 is 0 Å². The smallest absolute Gasteiger partial charge is 0.238 e. The van der Waals surface area contributed by atoms with Gasteiger partial charge in [0, 0.05) is 22.8 Å². The van der Waals surface area contributed by atoms with Crippen molar-refractivity contribution in [3.8, 4) is 0 Å². The van der Waals surface area contributed by atoms with Crippen molar-refractivity contribution in [2.75, 3.05) is 18.9 Å². The summed E-state index contributed by atoms with van der Waals surface area (Å²) in [5.41, 5.74) is 2.28. The molecule has 0 aliphatic carbocycles. The van der Waals surface area contributed by atoms with Crippen LogP contribution >= 0.6 is 11.6 Å². The zero-order chi connectivity index (χ0) is 16.8. The fourth-order valence-corrected chi connectivity index (χ4v) is 2.40. The number of halogens is 1. The maximum absolute atomic E-state index is 12.1. The number of Topliss-reactive ketones (excluding diaryl/α,β-unsaturated/α-hetero) is 1. The van der Waals surface area contributed by atoms with Crippen LogP contribution in [0.1, 0.15) is 22.8 Å². The van der Waals surface area contributed by atoms with Crippen LogP contribution < -0.4 is 5.32 Å². The summed E-state index contributed by atoms with van der Waals surface area (Å²) in [5, 5.41) is 3.51. The van der Waals surface area contributed by atoms with Gasteiger partial charge in [0.25, 0.3) is 0 Å². The zero-order valence-corrected chi connectivity index (χ0v) is 13.9. The molecule has 2 aromatic carbocycles. The Morgan fingerprint density at radius 3 is 2.35 bits per heavy atom. The highest BCUT2D eigenvalue weighted by Gasteiger charge is 2.09. The van der Waals surface area contributed by atoms with Gasteiger partial charge in [-0.05, 0) is 49.9 Å². The lowest BCUT2D eigenvalue weighted by Crippen LogP contribution is -2.29. The second-order valence-electron chi connectivity index (χ2n) is 5.45. The number of likely N-dealkylation sites (N-methyl/N-ethyl adjacent to an activating group) is 1. The normalized spacial score (nSPS) is 10.6. The van der Waals surface area contributed by atoms with Crippen molar-refractivity contribution in [3.05, 3.63) is 64.7 Å². The molecule has 0 heterocycles. The summed E-state index contributed by atoms with van der Waals surface area (Å²) in [6, 6.07) is 14.4. The topological polar surface area (TPSA) is 49.4 Å². The van der Waals surface area contributed by atoms with E-state index in [9.17, 15) is 9.59 Å². The minimum Gasteiger partial charge on any atom is -0.325 e. The highest BCUT2D eigenvalue weighted by Crippen LogP contribution is 2.16. The molecule has 0 radical (unpaired) electrons. The van der Waals surface area contributed by atoms with Crippen LogP contribution in [0.4, 0.5) is 5.69 Å². The van der Waals surface area contributed by atoms with E-state index in [1.54, 1.807) is 24.3 Å². The standard InChI is InChI=1S/C18H19ClN2O2/c1-13(22)14-7-9-16(10-8-14)20-18(23)12-21(2)11-15-5-3-4-6-17(15)19/h3-10H,11-12H2,1-2H3,(H,20,23). The number of benzene rings is 2. The number of nitrogens with one attached hydrogen (secondary N) is 1. The molecule has 0 saturated heterocycles. The summed E-state index contributed by atoms with van der Waals surface area (Å²) in [5.74, 6) is -0.113. The number of rotatable bonds is 6. The van der Waals surface area contributed by atoms with Crippen LogP contribution in [0.5, 0.6) is 0 Å². The number of hydrogen-bond acceptors (Lipinski definition) is 3. The minimum atomic E-state index is -0.116. The van der Waals surface area contributed by atoms with Crippen LogP contribution in [0, 0.1) is 0 Å². The van der Waals surface area contributed by atoms with Crippen molar-refractivity contribution in [2.24, 2.45) is 0 Å². The lowest BCUT2D eigenvalue weighted by molar-refractivity contribution is -0.117. The van der Waals surface area contributed by atoms with Gasteiger partial charge in [0.15, 0.2) is 5.78 Å². The molecule has 0 atom stereocenters. The molecule has 23 heavy (non-hydrogen) atoms. The van der Waals surface area contributed by atoms with E-state index in [-0.39, 0.29) is 18.2 Å². The third-order valence-corrected chi connectivity index (χ3v) is 3.76. The van der Waals surface area contributed by atoms with E-state index < -0.39 is 0 Å². The monoisotopic (exact) mass is 330 g/mol. The highest BCUT2D eigenvalue weighted by molar-refractivity contribution is 6.31. The van der Waals surface area contributed by atoms with Crippen LogP contribution in [-0.4, -0.2) is 30.2 Å². The van der Waals surface area contributed by atoms with E-state index in [0.717, 1.165) is 5.56 Å². The first-order chi connectivity index (χ1) is 11.0. The number of anilines is 1. The number of hydrogen-bond donors (Lipinski definition) is 1. The third-order valence-electron chi connectivity index (χ3n) is 3.39. The first-order valence-corrected chi connectivity index (χ1v) is 7.66. The molecule has 0 saturated carbocycles. The fraction of sp³-hybridized carbons (Fsp3) is 0.222. The fourth-order valence-electron chi connectivity index (χ4n) is 2.21. The van der Waals surface area contributed by atoms with Gasteiger partial charge in [0.05, 0.1) is 6.54 Å². The molecule has 4 nitrogen and oxygen atoms in total. The molecule has 2 rings (SSSR count). The lowest BCUT2D eigenvalue weighted by atomic mass is 10.1. The van der Waals surface area contributed by atoms with Gasteiger partial charge in [-0.2, -0.15) is 0 Å².